The minimum atomic E-state index is 0.213. The molecule has 0 unspecified atom stereocenters. The van der Waals surface area contributed by atoms with Crippen molar-refractivity contribution in [1.82, 2.24) is 19.7 Å². The number of benzene rings is 1. The Morgan fingerprint density at radius 3 is 2.55 bits per heavy atom. The van der Waals surface area contributed by atoms with Crippen LogP contribution in [0.15, 0.2) is 36.7 Å². The summed E-state index contributed by atoms with van der Waals surface area (Å²) in [7, 11) is 3.52. The first-order valence-electron chi connectivity index (χ1n) is 9.59. The van der Waals surface area contributed by atoms with E-state index in [1.54, 1.807) is 18.0 Å². The normalized spacial score (nSPS) is 10.9. The summed E-state index contributed by atoms with van der Waals surface area (Å²) in [4.78, 5) is 6.73. The van der Waals surface area contributed by atoms with E-state index in [0.717, 1.165) is 47.6 Å². The fraction of sp³-hybridized carbons (Fsp3) is 0.318. The number of aromatic nitrogens is 3. The Morgan fingerprint density at radius 2 is 1.97 bits per heavy atom. The number of methoxy groups -OCH3 is 1. The second-order valence-corrected chi connectivity index (χ2v) is 6.82. The molecule has 7 heteroatoms. The van der Waals surface area contributed by atoms with Gasteiger partial charge in [0.05, 0.1) is 19.0 Å². The zero-order chi connectivity index (χ0) is 21.0. The van der Waals surface area contributed by atoms with Crippen LogP contribution in [-0.4, -0.2) is 39.9 Å². The lowest BCUT2D eigenvalue weighted by Gasteiger charge is -2.20. The molecule has 0 aliphatic rings. The van der Waals surface area contributed by atoms with E-state index in [9.17, 15) is 5.26 Å². The molecule has 2 N–H and O–H groups in total. The van der Waals surface area contributed by atoms with Gasteiger partial charge in [0.15, 0.2) is 0 Å². The van der Waals surface area contributed by atoms with Gasteiger partial charge in [-0.2, -0.15) is 10.4 Å². The van der Waals surface area contributed by atoms with Crippen molar-refractivity contribution >= 4 is 5.82 Å². The van der Waals surface area contributed by atoms with E-state index in [1.807, 2.05) is 31.4 Å². The second kappa shape index (κ2) is 8.76. The van der Waals surface area contributed by atoms with E-state index >= 15 is 0 Å². The number of nitrogens with two attached hydrogens (primary N) is 1. The lowest BCUT2D eigenvalue weighted by Crippen LogP contribution is -2.22. The molecule has 0 fully saturated rings. The van der Waals surface area contributed by atoms with Crippen molar-refractivity contribution in [2.45, 2.75) is 20.4 Å². The predicted molar refractivity (Wildman–Crippen MR) is 114 cm³/mol. The van der Waals surface area contributed by atoms with Crippen LogP contribution in [0.1, 0.15) is 25.0 Å². The van der Waals surface area contributed by atoms with Crippen LogP contribution in [0.4, 0.5) is 5.82 Å². The third-order valence-corrected chi connectivity index (χ3v) is 5.04. The predicted octanol–water partition coefficient (Wildman–Crippen LogP) is 3.45. The Kier molecular flexibility index (Phi) is 6.15. The monoisotopic (exact) mass is 390 g/mol. The summed E-state index contributed by atoms with van der Waals surface area (Å²) in [5.74, 6) is 1.04. The van der Waals surface area contributed by atoms with Crippen molar-refractivity contribution in [2.24, 2.45) is 7.05 Å². The van der Waals surface area contributed by atoms with Crippen LogP contribution >= 0.6 is 0 Å². The summed E-state index contributed by atoms with van der Waals surface area (Å²) in [6.45, 7) is 6.93. The number of aryl methyl sites for hydroxylation is 1. The molecule has 2 heterocycles. The van der Waals surface area contributed by atoms with Crippen molar-refractivity contribution in [1.29, 1.82) is 5.26 Å². The molecule has 0 aliphatic heterocycles. The van der Waals surface area contributed by atoms with Gasteiger partial charge >= 0.3 is 0 Å². The number of nitrogens with zero attached hydrogens (tertiary/aromatic N) is 5. The zero-order valence-electron chi connectivity index (χ0n) is 17.3. The Bertz CT molecular complexity index is 1050. The highest BCUT2D eigenvalue weighted by molar-refractivity contribution is 5.80. The van der Waals surface area contributed by atoms with Crippen molar-refractivity contribution in [3.63, 3.8) is 0 Å². The van der Waals surface area contributed by atoms with E-state index in [2.05, 4.69) is 41.0 Å². The second-order valence-electron chi connectivity index (χ2n) is 6.82. The van der Waals surface area contributed by atoms with E-state index in [-0.39, 0.29) is 5.82 Å². The average Bonchev–Trinajstić information content (AvgIpc) is 3.17. The molecule has 150 valence electrons. The fourth-order valence-electron chi connectivity index (χ4n) is 3.37. The van der Waals surface area contributed by atoms with Gasteiger partial charge in [0, 0.05) is 36.5 Å². The number of pyridine rings is 1. The fourth-order valence-corrected chi connectivity index (χ4v) is 3.37. The molecule has 0 spiro atoms. The molecule has 0 aliphatic carbocycles. The molecule has 0 radical (unpaired) electrons. The SMILES string of the molecule is CCN(CC)Cc1cc(-c2cc(-c3cnn(C)c3)nc(N)c2C#N)ccc1OC. The van der Waals surface area contributed by atoms with Gasteiger partial charge in [-0.05, 0) is 36.9 Å². The highest BCUT2D eigenvalue weighted by atomic mass is 16.5. The van der Waals surface area contributed by atoms with Crippen LogP contribution < -0.4 is 10.5 Å². The third-order valence-electron chi connectivity index (χ3n) is 5.04. The minimum Gasteiger partial charge on any atom is -0.496 e. The molecule has 1 aromatic carbocycles. The summed E-state index contributed by atoms with van der Waals surface area (Å²) in [5, 5.41) is 13.9. The molecular weight excluding hydrogens is 364 g/mol. The van der Waals surface area contributed by atoms with Gasteiger partial charge in [-0.1, -0.05) is 19.9 Å². The first-order chi connectivity index (χ1) is 14.0. The Labute approximate surface area is 171 Å². The third kappa shape index (κ3) is 4.23. The van der Waals surface area contributed by atoms with Crippen molar-refractivity contribution in [2.75, 3.05) is 25.9 Å². The zero-order valence-corrected chi connectivity index (χ0v) is 17.3. The molecule has 0 amide bonds. The first kappa shape index (κ1) is 20.4. The lowest BCUT2D eigenvalue weighted by atomic mass is 9.97. The largest absolute Gasteiger partial charge is 0.496 e. The maximum atomic E-state index is 9.70. The lowest BCUT2D eigenvalue weighted by molar-refractivity contribution is 0.289. The molecule has 0 saturated heterocycles. The number of anilines is 1. The number of nitrogen functional groups attached to an aromatic ring is 1. The minimum absolute atomic E-state index is 0.213. The van der Waals surface area contributed by atoms with E-state index in [1.165, 1.54) is 0 Å². The molecule has 7 nitrogen and oxygen atoms in total. The van der Waals surface area contributed by atoms with Crippen LogP contribution in [0.2, 0.25) is 0 Å². The van der Waals surface area contributed by atoms with Crippen molar-refractivity contribution < 1.29 is 4.74 Å². The van der Waals surface area contributed by atoms with Crippen LogP contribution in [0.5, 0.6) is 5.75 Å². The van der Waals surface area contributed by atoms with Gasteiger partial charge in [0.2, 0.25) is 0 Å². The van der Waals surface area contributed by atoms with Crippen molar-refractivity contribution in [3.05, 3.63) is 47.8 Å². The molecule has 29 heavy (non-hydrogen) atoms. The number of hydrogen-bond acceptors (Lipinski definition) is 6. The van der Waals surface area contributed by atoms with Crippen LogP contribution in [0, 0.1) is 11.3 Å². The summed E-state index contributed by atoms with van der Waals surface area (Å²) in [6.07, 6.45) is 3.61. The van der Waals surface area contributed by atoms with Gasteiger partial charge in [-0.3, -0.25) is 9.58 Å². The maximum absolute atomic E-state index is 9.70. The Hall–Kier alpha value is -3.37. The summed E-state index contributed by atoms with van der Waals surface area (Å²) >= 11 is 0. The number of rotatable bonds is 7. The maximum Gasteiger partial charge on any atom is 0.142 e. The topological polar surface area (TPSA) is 93.0 Å². The molecule has 0 saturated carbocycles. The van der Waals surface area contributed by atoms with Crippen LogP contribution in [0.3, 0.4) is 0 Å². The van der Waals surface area contributed by atoms with E-state index in [0.29, 0.717) is 11.3 Å². The van der Waals surface area contributed by atoms with Gasteiger partial charge in [-0.15, -0.1) is 0 Å². The quantitative estimate of drug-likeness (QED) is 0.664. The first-order valence-corrected chi connectivity index (χ1v) is 9.59. The van der Waals surface area contributed by atoms with Crippen LogP contribution in [0.25, 0.3) is 22.4 Å². The van der Waals surface area contributed by atoms with E-state index < -0.39 is 0 Å². The Balaban J connectivity index is 2.14. The average molecular weight is 390 g/mol. The number of hydrogen-bond donors (Lipinski definition) is 1. The molecule has 2 aromatic heterocycles. The standard InChI is InChI=1S/C22H26N6O/c1-5-28(6-2)14-16-9-15(7-8-21(16)29-4)18-10-20(17-12-25-27(3)13-17)26-22(24)19(18)11-23/h7-10,12-13H,5-6,14H2,1-4H3,(H2,24,26). The molecule has 0 bridgehead atoms. The van der Waals surface area contributed by atoms with Gasteiger partial charge in [0.1, 0.15) is 23.2 Å². The number of nitriles is 1. The van der Waals surface area contributed by atoms with Gasteiger partial charge < -0.3 is 10.5 Å². The van der Waals surface area contributed by atoms with Gasteiger partial charge in [0.25, 0.3) is 0 Å². The summed E-state index contributed by atoms with van der Waals surface area (Å²) < 4.78 is 7.27. The van der Waals surface area contributed by atoms with Gasteiger partial charge in [-0.25, -0.2) is 4.98 Å². The highest BCUT2D eigenvalue weighted by Gasteiger charge is 2.16. The van der Waals surface area contributed by atoms with Crippen molar-refractivity contribution in [3.8, 4) is 34.2 Å². The van der Waals surface area contributed by atoms with Crippen LogP contribution in [-0.2, 0) is 13.6 Å². The number of ether oxygens (including phenoxy) is 1. The molecule has 0 atom stereocenters. The highest BCUT2D eigenvalue weighted by Crippen LogP contribution is 2.34. The smallest absolute Gasteiger partial charge is 0.142 e. The molecule has 3 aromatic rings. The summed E-state index contributed by atoms with van der Waals surface area (Å²) in [5.41, 5.74) is 10.8. The molecular formula is C22H26N6O. The molecule has 3 rings (SSSR count). The Morgan fingerprint density at radius 1 is 1.21 bits per heavy atom. The van der Waals surface area contributed by atoms with E-state index in [4.69, 9.17) is 10.5 Å². The summed E-state index contributed by atoms with van der Waals surface area (Å²) in [6, 6.07) is 10.1.